The smallest absolute Gasteiger partial charge is 0.143 e. The maximum Gasteiger partial charge on any atom is 0.143 e. The highest BCUT2D eigenvalue weighted by molar-refractivity contribution is 7.79. The highest BCUT2D eigenvalue weighted by Crippen LogP contribution is 2.28. The molecule has 0 saturated carbocycles. The van der Waals surface area contributed by atoms with E-state index in [9.17, 15) is 0 Å². The van der Waals surface area contributed by atoms with Gasteiger partial charge in [-0.3, -0.25) is 24.9 Å². The van der Waals surface area contributed by atoms with Crippen LogP contribution in [0.25, 0.3) is 0 Å². The van der Waals surface area contributed by atoms with Gasteiger partial charge in [0.2, 0.25) is 0 Å². The minimum atomic E-state index is -1.11. The first-order chi connectivity index (χ1) is 10.6. The Balaban J connectivity index is 2.10. The number of hydrogen-bond acceptors (Lipinski definition) is 5. The molecule has 0 aliphatic carbocycles. The minimum absolute atomic E-state index is 0.354. The summed E-state index contributed by atoms with van der Waals surface area (Å²) < 4.78 is 0. The zero-order valence-electron chi connectivity index (χ0n) is 11.5. The molecule has 5 nitrogen and oxygen atoms in total. The van der Waals surface area contributed by atoms with Crippen LogP contribution in [-0.2, 0) is 0 Å². The second-order valence-electron chi connectivity index (χ2n) is 4.38. The molecule has 0 aliphatic rings. The van der Waals surface area contributed by atoms with Gasteiger partial charge in [0, 0.05) is 29.8 Å². The lowest BCUT2D eigenvalue weighted by molar-refractivity contribution is 1.27. The van der Waals surface area contributed by atoms with E-state index < -0.39 is 7.92 Å². The lowest BCUT2D eigenvalue weighted by atomic mass is 9.99. The Morgan fingerprint density at radius 2 is 1.14 bits per heavy atom. The van der Waals surface area contributed by atoms with Crippen LogP contribution in [0.15, 0.2) is 43.1 Å². The molecule has 0 aromatic carbocycles. The summed E-state index contributed by atoms with van der Waals surface area (Å²) in [5.74, 6) is 0. The summed E-state index contributed by atoms with van der Waals surface area (Å²) in [4.78, 5) is 21.3. The lowest BCUT2D eigenvalue weighted by Crippen LogP contribution is -2.30. The van der Waals surface area contributed by atoms with Gasteiger partial charge < -0.3 is 0 Å². The average molecular weight is 297 g/mol. The van der Waals surface area contributed by atoms with Crippen LogP contribution in [0.1, 0.15) is 0 Å². The van der Waals surface area contributed by atoms with Crippen LogP contribution in [0.5, 0.6) is 0 Å². The molecule has 98 valence electrons. The predicted octanol–water partition coefficient (Wildman–Crippen LogP) is -3.20. The van der Waals surface area contributed by atoms with Crippen LogP contribution >= 0.6 is 7.92 Å². The van der Waals surface area contributed by atoms with E-state index in [-0.39, 0.29) is 0 Å². The number of aromatic nitrogens is 5. The Bertz CT molecular complexity index is 657. The largest absolute Gasteiger partial charge is 0.269 e. The Kier molecular flexibility index (Phi) is 4.30. The zero-order chi connectivity index (χ0) is 15.5. The van der Waals surface area contributed by atoms with Crippen LogP contribution < -0.4 is 33.0 Å². The molecule has 0 N–H and O–H groups in total. The van der Waals surface area contributed by atoms with Gasteiger partial charge in [-0.25, -0.2) is 0 Å². The second-order valence-corrected chi connectivity index (χ2v) is 6.43. The normalized spacial score (nSPS) is 10.8. The fourth-order valence-corrected chi connectivity index (χ4v) is 3.57. The Morgan fingerprint density at radius 1 is 0.591 bits per heavy atom. The van der Waals surface area contributed by atoms with E-state index in [0.29, 0.717) is 16.6 Å². The van der Waals surface area contributed by atoms with Crippen molar-refractivity contribution in [3.8, 4) is 0 Å². The molecule has 0 spiro atoms. The molecule has 22 heavy (non-hydrogen) atoms. The van der Waals surface area contributed by atoms with Gasteiger partial charge in [-0.15, -0.1) is 0 Å². The molecule has 0 unspecified atom stereocenters. The summed E-state index contributed by atoms with van der Waals surface area (Å²) in [6.07, 6.45) is 7.85. The Morgan fingerprint density at radius 3 is 1.55 bits per heavy atom. The summed E-state index contributed by atoms with van der Waals surface area (Å²) in [5, 5.41) is 0. The van der Waals surface area contributed by atoms with Crippen LogP contribution in [0.4, 0.5) is 0 Å². The third-order valence-electron chi connectivity index (χ3n) is 2.77. The third kappa shape index (κ3) is 3.23. The topological polar surface area (TPSA) is 64.5 Å². The first-order valence-electron chi connectivity index (χ1n) is 6.30. The van der Waals surface area contributed by atoms with E-state index in [4.69, 9.17) is 23.5 Å². The van der Waals surface area contributed by atoms with Gasteiger partial charge >= 0.3 is 0 Å². The molecule has 0 saturated heterocycles. The van der Waals surface area contributed by atoms with Crippen LogP contribution in [-0.4, -0.2) is 48.5 Å². The number of hydrogen-bond donors (Lipinski definition) is 0. The van der Waals surface area contributed by atoms with Crippen LogP contribution in [0, 0.1) is 0 Å². The van der Waals surface area contributed by atoms with Crippen molar-refractivity contribution in [3.63, 3.8) is 0 Å². The Hall–Kier alpha value is -2.07. The fourth-order valence-electron chi connectivity index (χ4n) is 1.78. The summed E-state index contributed by atoms with van der Waals surface area (Å²) in [5.41, 5.74) is 3.54. The number of pyridine rings is 1. The lowest BCUT2D eigenvalue weighted by Gasteiger charge is -2.15. The van der Waals surface area contributed by atoms with Gasteiger partial charge in [0.05, 0.1) is 36.6 Å². The van der Waals surface area contributed by atoms with Crippen molar-refractivity contribution in [3.05, 3.63) is 43.1 Å². The maximum atomic E-state index is 5.70. The summed E-state index contributed by atoms with van der Waals surface area (Å²) >= 11 is 0. The van der Waals surface area contributed by atoms with E-state index in [2.05, 4.69) is 24.9 Å². The molecule has 0 amide bonds. The molecule has 3 aromatic rings. The standard InChI is InChI=1S/C13H7B3N5P/c14-8-1-2-11(19-3-8)22(12-6-17-9(15)4-20-12)13-7-18-10(16)5-21-13/h1-7H. The highest BCUT2D eigenvalue weighted by Gasteiger charge is 2.21. The van der Waals surface area contributed by atoms with E-state index in [1.54, 1.807) is 24.7 Å². The molecule has 6 radical (unpaired) electrons. The highest BCUT2D eigenvalue weighted by atomic mass is 31.1. The molecule has 3 aromatic heterocycles. The van der Waals surface area contributed by atoms with Crippen molar-refractivity contribution in [1.82, 2.24) is 24.9 Å². The van der Waals surface area contributed by atoms with E-state index in [1.165, 1.54) is 12.4 Å². The van der Waals surface area contributed by atoms with Crippen molar-refractivity contribution in [2.45, 2.75) is 0 Å². The quantitative estimate of drug-likeness (QED) is 0.376. The third-order valence-corrected chi connectivity index (χ3v) is 4.88. The summed E-state index contributed by atoms with van der Waals surface area (Å²) in [6, 6.07) is 3.63. The SMILES string of the molecule is [B]c1ccc(P(c2cnc([B])cn2)c2cnc([B])cn2)nc1. The monoisotopic (exact) mass is 297 g/mol. The van der Waals surface area contributed by atoms with Crippen molar-refractivity contribution in [1.29, 1.82) is 0 Å². The van der Waals surface area contributed by atoms with Gasteiger partial charge in [-0.1, -0.05) is 11.5 Å². The van der Waals surface area contributed by atoms with E-state index in [0.717, 1.165) is 16.3 Å². The molecule has 9 heteroatoms. The first-order valence-corrected chi connectivity index (χ1v) is 7.64. The Labute approximate surface area is 133 Å². The number of rotatable bonds is 3. The molecule has 0 bridgehead atoms. The predicted molar refractivity (Wildman–Crippen MR) is 90.3 cm³/mol. The van der Waals surface area contributed by atoms with Crippen molar-refractivity contribution < 1.29 is 0 Å². The fraction of sp³-hybridized carbons (Fsp3) is 0. The maximum absolute atomic E-state index is 5.70. The molecule has 0 atom stereocenters. The average Bonchev–Trinajstić information content (AvgIpc) is 2.53. The van der Waals surface area contributed by atoms with Crippen molar-refractivity contribution in [2.24, 2.45) is 0 Å². The zero-order valence-corrected chi connectivity index (χ0v) is 12.4. The summed E-state index contributed by atoms with van der Waals surface area (Å²) in [6.45, 7) is 0. The van der Waals surface area contributed by atoms with Crippen molar-refractivity contribution in [2.75, 3.05) is 0 Å². The van der Waals surface area contributed by atoms with Gasteiger partial charge in [0.1, 0.15) is 23.5 Å². The molecule has 3 heterocycles. The molecule has 0 aliphatic heterocycles. The second kappa shape index (κ2) is 6.36. The minimum Gasteiger partial charge on any atom is -0.269 e. The molecule has 0 fully saturated rings. The van der Waals surface area contributed by atoms with Crippen LogP contribution in [0.2, 0.25) is 0 Å². The summed E-state index contributed by atoms with van der Waals surface area (Å²) in [7, 11) is 15.8. The van der Waals surface area contributed by atoms with Crippen LogP contribution in [0.3, 0.4) is 0 Å². The van der Waals surface area contributed by atoms with E-state index in [1.807, 2.05) is 6.07 Å². The number of nitrogens with zero attached hydrogens (tertiary/aromatic N) is 5. The van der Waals surface area contributed by atoms with Gasteiger partial charge in [-0.05, 0) is 6.07 Å². The molecule has 3 rings (SSSR count). The van der Waals surface area contributed by atoms with Gasteiger partial charge in [-0.2, -0.15) is 0 Å². The van der Waals surface area contributed by atoms with E-state index >= 15 is 0 Å². The molecular formula is C13H7B3N5P. The van der Waals surface area contributed by atoms with Gasteiger partial charge in [0.15, 0.2) is 0 Å². The van der Waals surface area contributed by atoms with Gasteiger partial charge in [0.25, 0.3) is 0 Å². The van der Waals surface area contributed by atoms with Crippen molar-refractivity contribution >= 4 is 64.4 Å². The molecular weight excluding hydrogens is 290 g/mol. The first kappa shape index (κ1) is 14.9.